The number of carbonyl (C=O) groups is 1. The smallest absolute Gasteiger partial charge is 0.337 e. The van der Waals surface area contributed by atoms with Crippen LogP contribution >= 0.6 is 0 Å². The quantitative estimate of drug-likeness (QED) is 0.859. The molecule has 1 aromatic rings. The van der Waals surface area contributed by atoms with E-state index >= 15 is 0 Å². The summed E-state index contributed by atoms with van der Waals surface area (Å²) in [5.41, 5.74) is 2.25. The second-order valence-electron chi connectivity index (χ2n) is 5.73. The van der Waals surface area contributed by atoms with Crippen LogP contribution in [0.4, 0.5) is 5.69 Å². The zero-order chi connectivity index (χ0) is 12.7. The van der Waals surface area contributed by atoms with Gasteiger partial charge in [-0.05, 0) is 49.7 Å². The van der Waals surface area contributed by atoms with E-state index in [1.807, 2.05) is 19.1 Å². The van der Waals surface area contributed by atoms with Crippen LogP contribution in [0.2, 0.25) is 0 Å². The highest BCUT2D eigenvalue weighted by Gasteiger charge is 2.39. The van der Waals surface area contributed by atoms with Crippen molar-refractivity contribution >= 4 is 11.7 Å². The van der Waals surface area contributed by atoms with Crippen LogP contribution in [-0.4, -0.2) is 17.1 Å². The topological polar surface area (TPSA) is 49.3 Å². The lowest BCUT2D eigenvalue weighted by atomic mass is 9.94. The first-order valence-electron chi connectivity index (χ1n) is 6.74. The predicted octanol–water partition coefficient (Wildman–Crippen LogP) is 3.29. The summed E-state index contributed by atoms with van der Waals surface area (Å²) in [7, 11) is 0. The van der Waals surface area contributed by atoms with Crippen molar-refractivity contribution in [2.45, 2.75) is 38.6 Å². The molecule has 0 spiro atoms. The Labute approximate surface area is 107 Å². The number of hydrogen-bond donors (Lipinski definition) is 2. The molecule has 0 amide bonds. The van der Waals surface area contributed by atoms with Crippen LogP contribution < -0.4 is 5.32 Å². The summed E-state index contributed by atoms with van der Waals surface area (Å²) >= 11 is 0. The molecule has 96 valence electrons. The first-order valence-corrected chi connectivity index (χ1v) is 6.74. The second kappa shape index (κ2) is 4.30. The van der Waals surface area contributed by atoms with Gasteiger partial charge in [-0.25, -0.2) is 4.79 Å². The van der Waals surface area contributed by atoms with E-state index in [0.29, 0.717) is 11.6 Å². The predicted molar refractivity (Wildman–Crippen MR) is 71.0 cm³/mol. The summed E-state index contributed by atoms with van der Waals surface area (Å²) in [6.45, 7) is 1.97. The monoisotopic (exact) mass is 245 g/mol. The van der Waals surface area contributed by atoms with Crippen molar-refractivity contribution in [3.63, 3.8) is 0 Å². The zero-order valence-electron chi connectivity index (χ0n) is 10.6. The Bertz CT molecular complexity index is 483. The Morgan fingerprint density at radius 2 is 2.17 bits per heavy atom. The van der Waals surface area contributed by atoms with Gasteiger partial charge in [0.15, 0.2) is 0 Å². The fourth-order valence-electron chi connectivity index (χ4n) is 3.64. The van der Waals surface area contributed by atoms with Gasteiger partial charge >= 0.3 is 5.97 Å². The molecule has 3 atom stereocenters. The van der Waals surface area contributed by atoms with E-state index in [-0.39, 0.29) is 0 Å². The van der Waals surface area contributed by atoms with Gasteiger partial charge in [-0.1, -0.05) is 18.6 Å². The lowest BCUT2D eigenvalue weighted by Crippen LogP contribution is -2.27. The third-order valence-electron chi connectivity index (χ3n) is 4.57. The number of fused-ring (bicyclic) bond motifs is 2. The molecule has 0 heterocycles. The fraction of sp³-hybridized carbons (Fsp3) is 0.533. The van der Waals surface area contributed by atoms with Gasteiger partial charge in [0.05, 0.1) is 11.3 Å². The Kier molecular flexibility index (Phi) is 2.77. The van der Waals surface area contributed by atoms with Crippen LogP contribution in [0.5, 0.6) is 0 Å². The Hall–Kier alpha value is -1.51. The fourth-order valence-corrected chi connectivity index (χ4v) is 3.64. The minimum absolute atomic E-state index is 0.401. The van der Waals surface area contributed by atoms with E-state index in [9.17, 15) is 9.90 Å². The number of benzene rings is 1. The number of rotatable bonds is 3. The molecule has 3 unspecified atom stereocenters. The second-order valence-corrected chi connectivity index (χ2v) is 5.73. The molecule has 0 saturated heterocycles. The van der Waals surface area contributed by atoms with Gasteiger partial charge in [0.25, 0.3) is 0 Å². The van der Waals surface area contributed by atoms with Gasteiger partial charge in [-0.2, -0.15) is 0 Å². The van der Waals surface area contributed by atoms with Crippen LogP contribution in [0.15, 0.2) is 18.2 Å². The Morgan fingerprint density at radius 3 is 2.78 bits per heavy atom. The minimum atomic E-state index is -0.843. The molecule has 2 aliphatic carbocycles. The molecule has 2 aliphatic rings. The van der Waals surface area contributed by atoms with Crippen LogP contribution in [0.25, 0.3) is 0 Å². The van der Waals surface area contributed by atoms with Crippen LogP contribution in [-0.2, 0) is 0 Å². The number of carboxylic acid groups (broad SMARTS) is 1. The number of aryl methyl sites for hydroxylation is 1. The number of para-hydroxylation sites is 1. The Morgan fingerprint density at radius 1 is 1.33 bits per heavy atom. The number of anilines is 1. The van der Waals surface area contributed by atoms with Crippen molar-refractivity contribution in [2.24, 2.45) is 11.8 Å². The van der Waals surface area contributed by atoms with Gasteiger partial charge in [-0.15, -0.1) is 0 Å². The summed E-state index contributed by atoms with van der Waals surface area (Å²) in [6, 6.07) is 5.94. The maximum Gasteiger partial charge on any atom is 0.337 e. The van der Waals surface area contributed by atoms with Gasteiger partial charge in [0, 0.05) is 6.04 Å². The minimum Gasteiger partial charge on any atom is -0.478 e. The summed E-state index contributed by atoms with van der Waals surface area (Å²) < 4.78 is 0. The molecular weight excluding hydrogens is 226 g/mol. The van der Waals surface area contributed by atoms with Crippen molar-refractivity contribution in [1.29, 1.82) is 0 Å². The Balaban J connectivity index is 1.86. The molecule has 2 bridgehead atoms. The van der Waals surface area contributed by atoms with Crippen LogP contribution in [0, 0.1) is 18.8 Å². The van der Waals surface area contributed by atoms with E-state index in [2.05, 4.69) is 5.32 Å². The van der Waals surface area contributed by atoms with Crippen molar-refractivity contribution in [3.8, 4) is 0 Å². The van der Waals surface area contributed by atoms with Crippen molar-refractivity contribution in [3.05, 3.63) is 29.3 Å². The largest absolute Gasteiger partial charge is 0.478 e. The molecule has 0 radical (unpaired) electrons. The summed E-state index contributed by atoms with van der Waals surface area (Å²) in [6.07, 6.45) is 5.20. The number of carboxylic acids is 1. The molecule has 1 aromatic carbocycles. The number of hydrogen-bond acceptors (Lipinski definition) is 2. The number of nitrogens with one attached hydrogen (secondary N) is 1. The highest BCUT2D eigenvalue weighted by Crippen LogP contribution is 2.45. The maximum absolute atomic E-state index is 11.3. The van der Waals surface area contributed by atoms with Crippen LogP contribution in [0.3, 0.4) is 0 Å². The van der Waals surface area contributed by atoms with Crippen LogP contribution in [0.1, 0.15) is 41.6 Å². The summed E-state index contributed by atoms with van der Waals surface area (Å²) in [5.74, 6) is 0.769. The van der Waals surface area contributed by atoms with Gasteiger partial charge in [-0.3, -0.25) is 0 Å². The molecule has 2 saturated carbocycles. The molecular formula is C15H19NO2. The molecule has 3 heteroatoms. The number of aromatic carboxylic acids is 1. The van der Waals surface area contributed by atoms with Crippen molar-refractivity contribution in [1.82, 2.24) is 0 Å². The molecule has 2 fully saturated rings. The third kappa shape index (κ3) is 1.88. The zero-order valence-corrected chi connectivity index (χ0v) is 10.6. The molecule has 3 nitrogen and oxygen atoms in total. The van der Waals surface area contributed by atoms with Crippen molar-refractivity contribution < 1.29 is 9.90 Å². The summed E-state index contributed by atoms with van der Waals surface area (Å²) in [5, 5.41) is 12.8. The van der Waals surface area contributed by atoms with Gasteiger partial charge in [0.2, 0.25) is 0 Å². The average molecular weight is 245 g/mol. The van der Waals surface area contributed by atoms with E-state index in [1.54, 1.807) is 6.07 Å². The third-order valence-corrected chi connectivity index (χ3v) is 4.57. The van der Waals surface area contributed by atoms with Gasteiger partial charge < -0.3 is 10.4 Å². The van der Waals surface area contributed by atoms with E-state index in [4.69, 9.17) is 0 Å². The molecule has 0 aliphatic heterocycles. The highest BCUT2D eigenvalue weighted by molar-refractivity contribution is 5.95. The van der Waals surface area contributed by atoms with E-state index < -0.39 is 5.97 Å². The SMILES string of the molecule is Cc1cccc(C(=O)O)c1NC1CC2CCC1C2. The van der Waals surface area contributed by atoms with Gasteiger partial charge in [0.1, 0.15) is 0 Å². The molecule has 2 N–H and O–H groups in total. The maximum atomic E-state index is 11.3. The highest BCUT2D eigenvalue weighted by atomic mass is 16.4. The first kappa shape index (κ1) is 11.6. The lowest BCUT2D eigenvalue weighted by Gasteiger charge is -2.25. The summed E-state index contributed by atoms with van der Waals surface area (Å²) in [4.78, 5) is 11.3. The normalized spacial score (nSPS) is 29.5. The van der Waals surface area contributed by atoms with Crippen molar-refractivity contribution in [2.75, 3.05) is 5.32 Å². The molecule has 18 heavy (non-hydrogen) atoms. The standard InChI is InChI=1S/C15H19NO2/c1-9-3-2-4-12(15(17)18)14(9)16-13-8-10-5-6-11(13)7-10/h2-4,10-11,13,16H,5-8H2,1H3,(H,17,18). The average Bonchev–Trinajstić information content (AvgIpc) is 2.93. The first-order chi connectivity index (χ1) is 8.65. The van der Waals surface area contributed by atoms with E-state index in [0.717, 1.165) is 23.1 Å². The molecule has 0 aromatic heterocycles. The van der Waals surface area contributed by atoms with E-state index in [1.165, 1.54) is 25.7 Å². The lowest BCUT2D eigenvalue weighted by molar-refractivity contribution is 0.0697. The molecule has 3 rings (SSSR count).